The fraction of sp³-hybridized carbons (Fsp3) is 0.474. The van der Waals surface area contributed by atoms with Crippen molar-refractivity contribution in [3.63, 3.8) is 0 Å². The molecule has 2 fully saturated rings. The van der Waals surface area contributed by atoms with Crippen molar-refractivity contribution in [3.05, 3.63) is 38.9 Å². The molecule has 1 saturated carbocycles. The Bertz CT molecular complexity index is 1020. The van der Waals surface area contributed by atoms with Gasteiger partial charge < -0.3 is 24.8 Å². The van der Waals surface area contributed by atoms with Crippen LogP contribution in [0.5, 0.6) is 0 Å². The van der Waals surface area contributed by atoms with Gasteiger partial charge in [-0.25, -0.2) is 9.18 Å². The van der Waals surface area contributed by atoms with Crippen LogP contribution in [0.2, 0.25) is 5.02 Å². The zero-order valence-corrected chi connectivity index (χ0v) is 15.7. The highest BCUT2D eigenvalue weighted by Gasteiger charge is 2.33. The summed E-state index contributed by atoms with van der Waals surface area (Å²) in [6.45, 7) is 0.404. The van der Waals surface area contributed by atoms with Gasteiger partial charge in [-0.1, -0.05) is 11.6 Å². The molecule has 0 bridgehead atoms. The standard InChI is InChI=1S/C19H20ClFN2O5/c20-15-16-11(18(26)12(19(27)28)7-23(16)10-1-2-10)5-13(21)17(15)22-4-3-9(6-22)14(25)8-24/h5,7,9-10,14,24-25H,1-4,6,8H2,(H,27,28)/t9-,14+/m1/s1. The van der Waals surface area contributed by atoms with Gasteiger partial charge in [0.15, 0.2) is 0 Å². The van der Waals surface area contributed by atoms with Gasteiger partial charge in [0.1, 0.15) is 11.4 Å². The fourth-order valence-corrected chi connectivity index (χ4v) is 4.38. The molecule has 3 N–H and O–H groups in total. The van der Waals surface area contributed by atoms with E-state index in [2.05, 4.69) is 0 Å². The van der Waals surface area contributed by atoms with Crippen molar-refractivity contribution in [2.45, 2.75) is 31.4 Å². The monoisotopic (exact) mass is 410 g/mol. The molecule has 2 aliphatic rings. The molecule has 0 spiro atoms. The van der Waals surface area contributed by atoms with Crippen molar-refractivity contribution in [2.24, 2.45) is 5.92 Å². The summed E-state index contributed by atoms with van der Waals surface area (Å²) < 4.78 is 16.6. The van der Waals surface area contributed by atoms with Crippen LogP contribution in [0, 0.1) is 11.7 Å². The van der Waals surface area contributed by atoms with Crippen molar-refractivity contribution >= 4 is 34.2 Å². The lowest BCUT2D eigenvalue weighted by atomic mass is 10.0. The summed E-state index contributed by atoms with van der Waals surface area (Å²) in [5.74, 6) is -2.28. The summed E-state index contributed by atoms with van der Waals surface area (Å²) in [6, 6.07) is 1.08. The fourth-order valence-electron chi connectivity index (χ4n) is 3.97. The average molecular weight is 411 g/mol. The number of aliphatic hydroxyl groups excluding tert-OH is 2. The first-order valence-electron chi connectivity index (χ1n) is 9.17. The van der Waals surface area contributed by atoms with Gasteiger partial charge >= 0.3 is 5.97 Å². The smallest absolute Gasteiger partial charge is 0.341 e. The second-order valence-corrected chi connectivity index (χ2v) is 7.86. The lowest BCUT2D eigenvalue weighted by molar-refractivity contribution is 0.0545. The summed E-state index contributed by atoms with van der Waals surface area (Å²) in [5, 5.41) is 28.4. The molecule has 0 amide bonds. The third kappa shape index (κ3) is 3.05. The van der Waals surface area contributed by atoms with E-state index in [9.17, 15) is 24.2 Å². The van der Waals surface area contributed by atoms with Crippen LogP contribution in [-0.2, 0) is 0 Å². The molecule has 4 rings (SSSR count). The molecular weight excluding hydrogens is 391 g/mol. The molecule has 0 unspecified atom stereocenters. The van der Waals surface area contributed by atoms with Gasteiger partial charge in [0.2, 0.25) is 5.43 Å². The van der Waals surface area contributed by atoms with Crippen molar-refractivity contribution in [3.8, 4) is 0 Å². The Kier molecular flexibility index (Phi) is 4.81. The van der Waals surface area contributed by atoms with E-state index < -0.39 is 28.9 Å². The van der Waals surface area contributed by atoms with Crippen LogP contribution in [0.3, 0.4) is 0 Å². The highest BCUT2D eigenvalue weighted by molar-refractivity contribution is 6.38. The number of anilines is 1. The summed E-state index contributed by atoms with van der Waals surface area (Å²) in [5.41, 5.74) is -0.697. The number of carboxylic acids is 1. The van der Waals surface area contributed by atoms with Crippen LogP contribution in [0.1, 0.15) is 35.7 Å². The molecular formula is C19H20ClFN2O5. The van der Waals surface area contributed by atoms with E-state index in [1.165, 1.54) is 6.20 Å². The van der Waals surface area contributed by atoms with Crippen LogP contribution in [0.15, 0.2) is 17.1 Å². The number of benzene rings is 1. The molecule has 9 heteroatoms. The van der Waals surface area contributed by atoms with E-state index in [1.807, 2.05) is 0 Å². The largest absolute Gasteiger partial charge is 0.477 e. The van der Waals surface area contributed by atoms with Crippen LogP contribution >= 0.6 is 11.6 Å². The second kappa shape index (κ2) is 7.02. The second-order valence-electron chi connectivity index (χ2n) is 7.48. The number of fused-ring (bicyclic) bond motifs is 1. The number of aromatic carboxylic acids is 1. The zero-order valence-electron chi connectivity index (χ0n) is 14.9. The number of halogens is 2. The van der Waals surface area contributed by atoms with E-state index in [-0.39, 0.29) is 34.7 Å². The minimum Gasteiger partial charge on any atom is -0.477 e. The van der Waals surface area contributed by atoms with Crippen LogP contribution in [0.4, 0.5) is 10.1 Å². The maximum absolute atomic E-state index is 15.0. The van der Waals surface area contributed by atoms with Gasteiger partial charge in [0, 0.05) is 31.2 Å². The zero-order chi connectivity index (χ0) is 20.2. The molecule has 1 aromatic carbocycles. The first-order valence-corrected chi connectivity index (χ1v) is 9.55. The van der Waals surface area contributed by atoms with Gasteiger partial charge in [-0.15, -0.1) is 0 Å². The minimum absolute atomic E-state index is 0.0274. The quantitative estimate of drug-likeness (QED) is 0.696. The van der Waals surface area contributed by atoms with Gasteiger partial charge in [0.25, 0.3) is 0 Å². The Morgan fingerprint density at radius 2 is 2.07 bits per heavy atom. The van der Waals surface area contributed by atoms with E-state index in [0.717, 1.165) is 18.9 Å². The molecule has 0 radical (unpaired) electrons. The molecule has 2 heterocycles. The number of carbonyl (C=O) groups is 1. The van der Waals surface area contributed by atoms with E-state index in [4.69, 9.17) is 16.7 Å². The Hall–Kier alpha value is -2.16. The number of pyridine rings is 1. The first-order chi connectivity index (χ1) is 13.3. The number of nitrogens with zero attached hydrogens (tertiary/aromatic N) is 2. The molecule has 28 heavy (non-hydrogen) atoms. The Morgan fingerprint density at radius 1 is 1.36 bits per heavy atom. The highest BCUT2D eigenvalue weighted by atomic mass is 35.5. The average Bonchev–Trinajstić information content (AvgIpc) is 3.39. The lowest BCUT2D eigenvalue weighted by Crippen LogP contribution is -2.29. The van der Waals surface area contributed by atoms with Crippen LogP contribution in [0.25, 0.3) is 10.9 Å². The SMILES string of the molecule is O=C(O)c1cn(C2CC2)c2c(Cl)c(N3CC[C@@H]([C@@H](O)CO)C3)c(F)cc2c1=O. The Labute approximate surface area is 164 Å². The molecule has 150 valence electrons. The Morgan fingerprint density at radius 3 is 2.68 bits per heavy atom. The molecule has 1 aliphatic carbocycles. The molecule has 1 aromatic heterocycles. The van der Waals surface area contributed by atoms with E-state index >= 15 is 0 Å². The number of hydrogen-bond acceptors (Lipinski definition) is 5. The van der Waals surface area contributed by atoms with Crippen molar-refractivity contribution in [2.75, 3.05) is 24.6 Å². The summed E-state index contributed by atoms with van der Waals surface area (Å²) in [4.78, 5) is 25.7. The number of aromatic nitrogens is 1. The number of aliphatic hydroxyl groups is 2. The number of hydrogen-bond donors (Lipinski definition) is 3. The highest BCUT2D eigenvalue weighted by Crippen LogP contribution is 2.43. The first kappa shape index (κ1) is 19.2. The lowest BCUT2D eigenvalue weighted by Gasteiger charge is -2.24. The summed E-state index contributed by atoms with van der Waals surface area (Å²) in [7, 11) is 0. The van der Waals surface area contributed by atoms with Gasteiger partial charge in [-0.2, -0.15) is 0 Å². The van der Waals surface area contributed by atoms with Crippen molar-refractivity contribution in [1.29, 1.82) is 0 Å². The molecule has 2 aromatic rings. The van der Waals surface area contributed by atoms with Gasteiger partial charge in [0.05, 0.1) is 34.3 Å². The number of rotatable bonds is 5. The molecule has 7 nitrogen and oxygen atoms in total. The minimum atomic E-state index is -1.36. The van der Waals surface area contributed by atoms with Crippen LogP contribution < -0.4 is 10.3 Å². The predicted octanol–water partition coefficient (Wildman–Crippen LogP) is 2.01. The Balaban J connectivity index is 1.89. The predicted molar refractivity (Wildman–Crippen MR) is 102 cm³/mol. The summed E-state index contributed by atoms with van der Waals surface area (Å²) in [6.07, 6.45) is 2.63. The van der Waals surface area contributed by atoms with Crippen LogP contribution in [-0.4, -0.2) is 51.7 Å². The molecule has 1 aliphatic heterocycles. The van der Waals surface area contributed by atoms with E-state index in [0.29, 0.717) is 25.0 Å². The topological polar surface area (TPSA) is 103 Å². The summed E-state index contributed by atoms with van der Waals surface area (Å²) >= 11 is 6.57. The molecule has 1 saturated heterocycles. The third-order valence-electron chi connectivity index (χ3n) is 5.63. The normalized spacial score (nSPS) is 20.7. The maximum atomic E-state index is 15.0. The third-order valence-corrected chi connectivity index (χ3v) is 5.98. The van der Waals surface area contributed by atoms with Gasteiger partial charge in [-0.05, 0) is 25.3 Å². The molecule has 2 atom stereocenters. The van der Waals surface area contributed by atoms with Crippen molar-refractivity contribution < 1.29 is 24.5 Å². The maximum Gasteiger partial charge on any atom is 0.341 e. The number of carboxylic acid groups (broad SMARTS) is 1. The van der Waals surface area contributed by atoms with E-state index in [1.54, 1.807) is 9.47 Å². The van der Waals surface area contributed by atoms with Crippen molar-refractivity contribution in [1.82, 2.24) is 4.57 Å². The van der Waals surface area contributed by atoms with Gasteiger partial charge in [-0.3, -0.25) is 4.79 Å².